The van der Waals surface area contributed by atoms with Crippen molar-refractivity contribution in [3.63, 3.8) is 0 Å². The Labute approximate surface area is 114 Å². The normalized spacial score (nSPS) is 14.9. The molecule has 17 heavy (non-hydrogen) atoms. The number of hydrogen-bond acceptors (Lipinski definition) is 1. The standard InChI is InChI=1S/C13H22Cl2N2/c1-5-10-12(15)11(17(7-3)16-10)8-13(4,6-2)9-14/h5-9H2,1-4H3. The molecule has 0 bridgehead atoms. The molecule has 1 unspecified atom stereocenters. The summed E-state index contributed by atoms with van der Waals surface area (Å²) in [5.74, 6) is 0.649. The highest BCUT2D eigenvalue weighted by Crippen LogP contribution is 2.32. The van der Waals surface area contributed by atoms with E-state index in [2.05, 4.69) is 32.8 Å². The van der Waals surface area contributed by atoms with E-state index in [1.54, 1.807) is 0 Å². The Bertz CT molecular complexity index is 368. The van der Waals surface area contributed by atoms with Crippen molar-refractivity contribution < 1.29 is 0 Å². The molecule has 0 aliphatic heterocycles. The molecule has 1 atom stereocenters. The van der Waals surface area contributed by atoms with Gasteiger partial charge >= 0.3 is 0 Å². The lowest BCUT2D eigenvalue weighted by molar-refractivity contribution is 0.343. The summed E-state index contributed by atoms with van der Waals surface area (Å²) in [7, 11) is 0. The Kier molecular flexibility index (Phi) is 5.33. The summed E-state index contributed by atoms with van der Waals surface area (Å²) in [5.41, 5.74) is 2.23. The average molecular weight is 277 g/mol. The zero-order valence-electron chi connectivity index (χ0n) is 11.2. The van der Waals surface area contributed by atoms with E-state index < -0.39 is 0 Å². The molecule has 0 aliphatic rings. The molecule has 0 aromatic carbocycles. The van der Waals surface area contributed by atoms with Gasteiger partial charge in [-0.25, -0.2) is 0 Å². The van der Waals surface area contributed by atoms with Crippen LogP contribution in [0.1, 0.15) is 45.5 Å². The van der Waals surface area contributed by atoms with Gasteiger partial charge in [-0.2, -0.15) is 5.10 Å². The topological polar surface area (TPSA) is 17.8 Å². The van der Waals surface area contributed by atoms with Crippen LogP contribution in [0.25, 0.3) is 0 Å². The van der Waals surface area contributed by atoms with Crippen LogP contribution in [0.3, 0.4) is 0 Å². The van der Waals surface area contributed by atoms with Gasteiger partial charge in [0.1, 0.15) is 0 Å². The SMILES string of the molecule is CCc1nn(CC)c(CC(C)(CC)CCl)c1Cl. The van der Waals surface area contributed by atoms with Gasteiger partial charge in [-0.3, -0.25) is 4.68 Å². The number of rotatable bonds is 6. The zero-order valence-corrected chi connectivity index (χ0v) is 12.7. The van der Waals surface area contributed by atoms with Crippen LogP contribution in [0.2, 0.25) is 5.02 Å². The first-order chi connectivity index (χ1) is 8.01. The minimum Gasteiger partial charge on any atom is -0.268 e. The second-order valence-electron chi connectivity index (χ2n) is 4.85. The molecular formula is C13H22Cl2N2. The number of halogens is 2. The van der Waals surface area contributed by atoms with E-state index in [1.807, 2.05) is 4.68 Å². The molecule has 0 fully saturated rings. The predicted octanol–water partition coefficient (Wildman–Crippen LogP) is 4.32. The highest BCUT2D eigenvalue weighted by Gasteiger charge is 2.26. The van der Waals surface area contributed by atoms with Crippen molar-refractivity contribution in [3.8, 4) is 0 Å². The lowest BCUT2D eigenvalue weighted by Crippen LogP contribution is -2.22. The Morgan fingerprint density at radius 3 is 2.35 bits per heavy atom. The monoisotopic (exact) mass is 276 g/mol. The van der Waals surface area contributed by atoms with Crippen LogP contribution in [0.15, 0.2) is 0 Å². The molecule has 0 aliphatic carbocycles. The van der Waals surface area contributed by atoms with Crippen molar-refractivity contribution in [1.29, 1.82) is 0 Å². The molecule has 1 heterocycles. The molecule has 1 aromatic heterocycles. The van der Waals surface area contributed by atoms with E-state index in [0.29, 0.717) is 5.88 Å². The summed E-state index contributed by atoms with van der Waals surface area (Å²) in [6.45, 7) is 9.41. The second-order valence-corrected chi connectivity index (χ2v) is 5.50. The fourth-order valence-corrected chi connectivity index (χ4v) is 2.48. The van der Waals surface area contributed by atoms with Crippen LogP contribution in [0, 0.1) is 5.41 Å². The quantitative estimate of drug-likeness (QED) is 0.708. The van der Waals surface area contributed by atoms with Crippen LogP contribution in [-0.2, 0) is 19.4 Å². The van der Waals surface area contributed by atoms with Crippen molar-refractivity contribution in [2.24, 2.45) is 5.41 Å². The van der Waals surface area contributed by atoms with Gasteiger partial charge in [0.25, 0.3) is 0 Å². The molecule has 2 nitrogen and oxygen atoms in total. The predicted molar refractivity (Wildman–Crippen MR) is 75.1 cm³/mol. The third-order valence-electron chi connectivity index (χ3n) is 3.46. The number of nitrogens with zero attached hydrogens (tertiary/aromatic N) is 2. The lowest BCUT2D eigenvalue weighted by atomic mass is 9.84. The molecule has 0 saturated heterocycles. The number of hydrogen-bond donors (Lipinski definition) is 0. The largest absolute Gasteiger partial charge is 0.268 e. The van der Waals surface area contributed by atoms with Crippen LogP contribution in [0.4, 0.5) is 0 Å². The third kappa shape index (κ3) is 3.17. The Morgan fingerprint density at radius 2 is 1.94 bits per heavy atom. The summed E-state index contributed by atoms with van der Waals surface area (Å²) in [6.07, 6.45) is 2.82. The minimum absolute atomic E-state index is 0.100. The van der Waals surface area contributed by atoms with E-state index in [9.17, 15) is 0 Å². The van der Waals surface area contributed by atoms with Crippen molar-refractivity contribution >= 4 is 23.2 Å². The van der Waals surface area contributed by atoms with E-state index in [1.165, 1.54) is 0 Å². The van der Waals surface area contributed by atoms with Crippen LogP contribution in [0.5, 0.6) is 0 Å². The Balaban J connectivity index is 3.08. The van der Waals surface area contributed by atoms with E-state index in [4.69, 9.17) is 23.2 Å². The van der Waals surface area contributed by atoms with E-state index >= 15 is 0 Å². The number of aromatic nitrogens is 2. The van der Waals surface area contributed by atoms with Gasteiger partial charge < -0.3 is 0 Å². The Hall–Kier alpha value is -0.210. The third-order valence-corrected chi connectivity index (χ3v) is 4.55. The summed E-state index contributed by atoms with van der Waals surface area (Å²) >= 11 is 12.5. The van der Waals surface area contributed by atoms with Crippen LogP contribution >= 0.6 is 23.2 Å². The highest BCUT2D eigenvalue weighted by atomic mass is 35.5. The maximum Gasteiger partial charge on any atom is 0.0850 e. The molecule has 4 heteroatoms. The molecule has 0 saturated carbocycles. The molecule has 0 radical (unpaired) electrons. The summed E-state index contributed by atoms with van der Waals surface area (Å²) < 4.78 is 2.02. The lowest BCUT2D eigenvalue weighted by Gasteiger charge is -2.25. The zero-order chi connectivity index (χ0) is 13.1. The highest BCUT2D eigenvalue weighted by molar-refractivity contribution is 6.31. The first kappa shape index (κ1) is 14.8. The van der Waals surface area contributed by atoms with E-state index in [-0.39, 0.29) is 5.41 Å². The van der Waals surface area contributed by atoms with Crippen molar-refractivity contribution in [2.45, 2.75) is 53.5 Å². The number of alkyl halides is 1. The molecule has 0 N–H and O–H groups in total. The maximum atomic E-state index is 6.40. The molecule has 1 rings (SSSR count). The summed E-state index contributed by atoms with van der Waals surface area (Å²) in [4.78, 5) is 0. The van der Waals surface area contributed by atoms with Gasteiger partial charge in [0.05, 0.1) is 16.4 Å². The maximum absolute atomic E-state index is 6.40. The fraction of sp³-hybridized carbons (Fsp3) is 0.769. The molecular weight excluding hydrogens is 255 g/mol. The van der Waals surface area contributed by atoms with Crippen LogP contribution < -0.4 is 0 Å². The molecule has 0 amide bonds. The van der Waals surface area contributed by atoms with Gasteiger partial charge in [0, 0.05) is 12.4 Å². The molecule has 1 aromatic rings. The van der Waals surface area contributed by atoms with Gasteiger partial charge in [-0.15, -0.1) is 11.6 Å². The van der Waals surface area contributed by atoms with E-state index in [0.717, 1.165) is 42.2 Å². The van der Waals surface area contributed by atoms with Gasteiger partial charge in [-0.05, 0) is 31.6 Å². The van der Waals surface area contributed by atoms with Gasteiger partial charge in [-0.1, -0.05) is 32.4 Å². The molecule has 98 valence electrons. The number of aryl methyl sites for hydroxylation is 2. The first-order valence-electron chi connectivity index (χ1n) is 6.31. The minimum atomic E-state index is 0.100. The average Bonchev–Trinajstić information content (AvgIpc) is 2.66. The summed E-state index contributed by atoms with van der Waals surface area (Å²) in [6, 6.07) is 0. The fourth-order valence-electron chi connectivity index (χ4n) is 1.86. The first-order valence-corrected chi connectivity index (χ1v) is 7.22. The van der Waals surface area contributed by atoms with Gasteiger partial charge in [0.15, 0.2) is 0 Å². The summed E-state index contributed by atoms with van der Waals surface area (Å²) in [5, 5.41) is 5.37. The smallest absolute Gasteiger partial charge is 0.0850 e. The van der Waals surface area contributed by atoms with Gasteiger partial charge in [0.2, 0.25) is 0 Å². The van der Waals surface area contributed by atoms with Crippen molar-refractivity contribution in [3.05, 3.63) is 16.4 Å². The Morgan fingerprint density at radius 1 is 1.29 bits per heavy atom. The molecule has 0 spiro atoms. The second kappa shape index (κ2) is 6.10. The van der Waals surface area contributed by atoms with Crippen molar-refractivity contribution in [1.82, 2.24) is 9.78 Å². The van der Waals surface area contributed by atoms with Crippen molar-refractivity contribution in [2.75, 3.05) is 5.88 Å². The van der Waals surface area contributed by atoms with Crippen LogP contribution in [-0.4, -0.2) is 15.7 Å².